The summed E-state index contributed by atoms with van der Waals surface area (Å²) in [5, 5.41) is 0. The second kappa shape index (κ2) is 4.41. The van der Waals surface area contributed by atoms with Crippen LogP contribution in [-0.4, -0.2) is 6.98 Å². The molecular formula is C10H17BF3-. The summed E-state index contributed by atoms with van der Waals surface area (Å²) < 4.78 is 36.6. The Morgan fingerprint density at radius 3 is 2.57 bits per heavy atom. The highest BCUT2D eigenvalue weighted by molar-refractivity contribution is 6.58. The first-order chi connectivity index (χ1) is 6.38. The summed E-state index contributed by atoms with van der Waals surface area (Å²) in [6.07, 6.45) is 4.25. The first kappa shape index (κ1) is 11.7. The fourth-order valence-corrected chi connectivity index (χ4v) is 2.12. The van der Waals surface area contributed by atoms with E-state index in [9.17, 15) is 12.9 Å². The van der Waals surface area contributed by atoms with Crippen molar-refractivity contribution < 1.29 is 12.9 Å². The van der Waals surface area contributed by atoms with Crippen molar-refractivity contribution in [2.45, 2.75) is 39.4 Å². The Labute approximate surface area is 83.6 Å². The van der Waals surface area contributed by atoms with Crippen molar-refractivity contribution in [3.63, 3.8) is 0 Å². The average molecular weight is 205 g/mol. The molecule has 0 fully saturated rings. The van der Waals surface area contributed by atoms with Gasteiger partial charge in [-0.25, -0.2) is 0 Å². The standard InChI is InChI=1S/C10H17BF3/c1-8-3-5-10(6-4-8)9(2)7-11(12,13)14/h3,9-10H,4-7H2,1-2H3/q-1. The van der Waals surface area contributed by atoms with Crippen LogP contribution in [0.25, 0.3) is 0 Å². The van der Waals surface area contributed by atoms with Crippen LogP contribution in [0.2, 0.25) is 6.32 Å². The quantitative estimate of drug-likeness (QED) is 0.478. The normalized spacial score (nSPS) is 25.8. The minimum absolute atomic E-state index is 0.209. The molecule has 0 aromatic carbocycles. The molecule has 2 atom stereocenters. The van der Waals surface area contributed by atoms with E-state index in [-0.39, 0.29) is 11.8 Å². The van der Waals surface area contributed by atoms with E-state index in [0.29, 0.717) is 0 Å². The number of halogens is 3. The maximum atomic E-state index is 12.2. The zero-order chi connectivity index (χ0) is 10.8. The molecule has 0 aliphatic heterocycles. The largest absolute Gasteiger partial charge is 0.478 e. The van der Waals surface area contributed by atoms with E-state index in [4.69, 9.17) is 0 Å². The van der Waals surface area contributed by atoms with Crippen molar-refractivity contribution in [2.75, 3.05) is 0 Å². The smallest absolute Gasteiger partial charge is 0.449 e. The molecule has 14 heavy (non-hydrogen) atoms. The molecule has 1 aliphatic carbocycles. The van der Waals surface area contributed by atoms with Gasteiger partial charge in [0.15, 0.2) is 0 Å². The fraction of sp³-hybridized carbons (Fsp3) is 0.800. The molecule has 0 aromatic heterocycles. The lowest BCUT2D eigenvalue weighted by Gasteiger charge is -2.29. The molecular weight excluding hydrogens is 188 g/mol. The van der Waals surface area contributed by atoms with Crippen molar-refractivity contribution in [2.24, 2.45) is 11.8 Å². The molecule has 0 nitrogen and oxygen atoms in total. The first-order valence-electron chi connectivity index (χ1n) is 5.25. The Bertz CT molecular complexity index is 220. The van der Waals surface area contributed by atoms with Crippen LogP contribution in [0.1, 0.15) is 33.1 Å². The average Bonchev–Trinajstić information content (AvgIpc) is 2.02. The number of allylic oxidation sites excluding steroid dienone is 2. The number of hydrogen-bond acceptors (Lipinski definition) is 0. The molecule has 0 saturated heterocycles. The van der Waals surface area contributed by atoms with Crippen LogP contribution >= 0.6 is 0 Å². The molecule has 0 heterocycles. The van der Waals surface area contributed by atoms with Crippen LogP contribution in [0.5, 0.6) is 0 Å². The summed E-state index contributed by atoms with van der Waals surface area (Å²) in [5.41, 5.74) is 1.32. The molecule has 1 aliphatic rings. The van der Waals surface area contributed by atoms with Gasteiger partial charge in [0.1, 0.15) is 0 Å². The highest BCUT2D eigenvalue weighted by Crippen LogP contribution is 2.34. The predicted octanol–water partition coefficient (Wildman–Crippen LogP) is 4.22. The van der Waals surface area contributed by atoms with Gasteiger partial charge >= 0.3 is 6.98 Å². The van der Waals surface area contributed by atoms with E-state index < -0.39 is 13.3 Å². The minimum Gasteiger partial charge on any atom is -0.449 e. The van der Waals surface area contributed by atoms with Gasteiger partial charge in [-0.1, -0.05) is 30.8 Å². The van der Waals surface area contributed by atoms with Crippen LogP contribution in [0.15, 0.2) is 11.6 Å². The monoisotopic (exact) mass is 205 g/mol. The van der Waals surface area contributed by atoms with Crippen LogP contribution in [0.3, 0.4) is 0 Å². The van der Waals surface area contributed by atoms with Crippen LogP contribution in [0, 0.1) is 11.8 Å². The summed E-state index contributed by atoms with van der Waals surface area (Å²) in [6.45, 7) is -0.826. The van der Waals surface area contributed by atoms with Gasteiger partial charge in [0.25, 0.3) is 0 Å². The molecule has 2 unspecified atom stereocenters. The summed E-state index contributed by atoms with van der Waals surface area (Å²) >= 11 is 0. The molecule has 82 valence electrons. The van der Waals surface area contributed by atoms with Gasteiger partial charge in [0.05, 0.1) is 0 Å². The zero-order valence-electron chi connectivity index (χ0n) is 8.77. The first-order valence-corrected chi connectivity index (χ1v) is 5.25. The second-order valence-electron chi connectivity index (χ2n) is 4.51. The number of rotatable bonds is 3. The second-order valence-corrected chi connectivity index (χ2v) is 4.51. The Kier molecular flexibility index (Phi) is 3.68. The van der Waals surface area contributed by atoms with Crippen molar-refractivity contribution in [3.05, 3.63) is 11.6 Å². The van der Waals surface area contributed by atoms with E-state index in [0.717, 1.165) is 19.3 Å². The molecule has 1 rings (SSSR count). The number of hydrogen-bond donors (Lipinski definition) is 0. The Hall–Kier alpha value is -0.405. The third kappa shape index (κ3) is 3.76. The summed E-state index contributed by atoms with van der Waals surface area (Å²) in [7, 11) is 0. The molecule has 4 heteroatoms. The molecule has 0 aromatic rings. The molecule has 0 amide bonds. The van der Waals surface area contributed by atoms with Crippen LogP contribution in [-0.2, 0) is 0 Å². The van der Waals surface area contributed by atoms with Crippen LogP contribution < -0.4 is 0 Å². The van der Waals surface area contributed by atoms with Gasteiger partial charge in [0.2, 0.25) is 0 Å². The lowest BCUT2D eigenvalue weighted by atomic mass is 9.70. The van der Waals surface area contributed by atoms with E-state index in [2.05, 4.69) is 13.0 Å². The van der Waals surface area contributed by atoms with E-state index in [1.54, 1.807) is 6.92 Å². The van der Waals surface area contributed by atoms with Gasteiger partial charge < -0.3 is 12.9 Å². The highest BCUT2D eigenvalue weighted by atomic mass is 19.4. The topological polar surface area (TPSA) is 0 Å². The van der Waals surface area contributed by atoms with Gasteiger partial charge in [0, 0.05) is 0 Å². The maximum absolute atomic E-state index is 12.2. The molecule has 0 radical (unpaired) electrons. The SMILES string of the molecule is CC1=CCC(C(C)C[B-](F)(F)F)CC1. The molecule has 0 spiro atoms. The Balaban J connectivity index is 2.43. The lowest BCUT2D eigenvalue weighted by Crippen LogP contribution is -2.24. The van der Waals surface area contributed by atoms with E-state index >= 15 is 0 Å². The third-order valence-electron chi connectivity index (χ3n) is 3.12. The van der Waals surface area contributed by atoms with Crippen molar-refractivity contribution >= 4 is 6.98 Å². The Morgan fingerprint density at radius 1 is 1.50 bits per heavy atom. The molecule has 0 N–H and O–H groups in total. The van der Waals surface area contributed by atoms with Gasteiger partial charge in [-0.3, -0.25) is 0 Å². The Morgan fingerprint density at radius 2 is 2.14 bits per heavy atom. The predicted molar refractivity (Wildman–Crippen MR) is 54.1 cm³/mol. The van der Waals surface area contributed by atoms with E-state index in [1.807, 2.05) is 0 Å². The highest BCUT2D eigenvalue weighted by Gasteiger charge is 2.29. The summed E-state index contributed by atoms with van der Waals surface area (Å²) in [4.78, 5) is 0. The van der Waals surface area contributed by atoms with Gasteiger partial charge in [-0.15, -0.1) is 0 Å². The summed E-state index contributed by atoms with van der Waals surface area (Å²) in [6, 6.07) is 0. The zero-order valence-corrected chi connectivity index (χ0v) is 8.77. The fourth-order valence-electron chi connectivity index (χ4n) is 2.12. The summed E-state index contributed by atoms with van der Waals surface area (Å²) in [5.74, 6) is 0.0292. The van der Waals surface area contributed by atoms with Gasteiger partial charge in [-0.2, -0.15) is 0 Å². The van der Waals surface area contributed by atoms with E-state index in [1.165, 1.54) is 5.57 Å². The third-order valence-corrected chi connectivity index (χ3v) is 3.12. The van der Waals surface area contributed by atoms with Crippen molar-refractivity contribution in [3.8, 4) is 0 Å². The van der Waals surface area contributed by atoms with Crippen molar-refractivity contribution in [1.29, 1.82) is 0 Å². The lowest BCUT2D eigenvalue weighted by molar-refractivity contribution is 0.322. The van der Waals surface area contributed by atoms with Crippen molar-refractivity contribution in [1.82, 2.24) is 0 Å². The minimum atomic E-state index is -4.61. The molecule has 0 saturated carbocycles. The van der Waals surface area contributed by atoms with Gasteiger partial charge in [-0.05, 0) is 32.1 Å². The van der Waals surface area contributed by atoms with Crippen LogP contribution in [0.4, 0.5) is 12.9 Å². The molecule has 0 bridgehead atoms. The maximum Gasteiger partial charge on any atom is 0.478 e.